The van der Waals surface area contributed by atoms with E-state index in [0.717, 1.165) is 37.1 Å². The Morgan fingerprint density at radius 2 is 2.07 bits per heavy atom. The summed E-state index contributed by atoms with van der Waals surface area (Å²) in [7, 11) is 0. The molecule has 0 N–H and O–H groups in total. The van der Waals surface area contributed by atoms with E-state index in [1.54, 1.807) is 0 Å². The first-order valence-electron chi connectivity index (χ1n) is 5.75. The Labute approximate surface area is 90.7 Å². The lowest BCUT2D eigenvalue weighted by Gasteiger charge is -2.10. The Morgan fingerprint density at radius 3 is 2.80 bits per heavy atom. The molecular formula is C13H17NO. The number of rotatable bonds is 1. The topological polar surface area (TPSA) is 30.0 Å². The number of fused-ring (bicyclic) bond motifs is 1. The first kappa shape index (κ1) is 10.3. The molecule has 1 aliphatic rings. The monoisotopic (exact) mass is 203 g/mol. The molecule has 80 valence electrons. The SMILES string of the molecule is CCc1cc(C)nc2c1CCCCC2=O. The second-order valence-electron chi connectivity index (χ2n) is 4.23. The number of ketones is 1. The average Bonchev–Trinajstić information content (AvgIpc) is 2.40. The molecule has 2 heteroatoms. The number of Topliss-reactive ketones (excluding diaryl/α,β-unsaturated/α-hetero) is 1. The van der Waals surface area contributed by atoms with Gasteiger partial charge in [-0.15, -0.1) is 0 Å². The zero-order valence-corrected chi connectivity index (χ0v) is 9.47. The highest BCUT2D eigenvalue weighted by Gasteiger charge is 2.19. The van der Waals surface area contributed by atoms with Crippen molar-refractivity contribution in [3.05, 3.63) is 28.6 Å². The zero-order chi connectivity index (χ0) is 10.8. The second-order valence-corrected chi connectivity index (χ2v) is 4.23. The third-order valence-electron chi connectivity index (χ3n) is 3.07. The molecule has 0 aliphatic heterocycles. The third-order valence-corrected chi connectivity index (χ3v) is 3.07. The van der Waals surface area contributed by atoms with E-state index in [1.807, 2.05) is 6.92 Å². The van der Waals surface area contributed by atoms with Crippen LogP contribution in [0, 0.1) is 6.92 Å². The number of nitrogens with zero attached hydrogens (tertiary/aromatic N) is 1. The highest BCUT2D eigenvalue weighted by Crippen LogP contribution is 2.23. The molecule has 0 aromatic carbocycles. The Bertz CT molecular complexity index is 396. The molecule has 2 nitrogen and oxygen atoms in total. The Hall–Kier alpha value is -1.18. The molecule has 15 heavy (non-hydrogen) atoms. The van der Waals surface area contributed by atoms with E-state index in [4.69, 9.17) is 0 Å². The van der Waals surface area contributed by atoms with Gasteiger partial charge in [-0.05, 0) is 49.8 Å². The van der Waals surface area contributed by atoms with Gasteiger partial charge in [0, 0.05) is 12.1 Å². The van der Waals surface area contributed by atoms with E-state index in [9.17, 15) is 4.79 Å². The molecule has 0 bridgehead atoms. The third kappa shape index (κ3) is 1.94. The van der Waals surface area contributed by atoms with Gasteiger partial charge in [0.1, 0.15) is 5.69 Å². The van der Waals surface area contributed by atoms with Crippen molar-refractivity contribution in [3.8, 4) is 0 Å². The highest BCUT2D eigenvalue weighted by atomic mass is 16.1. The summed E-state index contributed by atoms with van der Waals surface area (Å²) in [6, 6.07) is 2.12. The molecule has 1 heterocycles. The van der Waals surface area contributed by atoms with Crippen LogP contribution in [-0.2, 0) is 12.8 Å². The lowest BCUT2D eigenvalue weighted by Crippen LogP contribution is -2.08. The summed E-state index contributed by atoms with van der Waals surface area (Å²) < 4.78 is 0. The first-order valence-corrected chi connectivity index (χ1v) is 5.75. The molecule has 0 amide bonds. The van der Waals surface area contributed by atoms with Gasteiger partial charge in [0.15, 0.2) is 5.78 Å². The highest BCUT2D eigenvalue weighted by molar-refractivity contribution is 5.96. The van der Waals surface area contributed by atoms with Crippen LogP contribution in [0.5, 0.6) is 0 Å². The molecule has 0 unspecified atom stereocenters. The maximum absolute atomic E-state index is 11.9. The Morgan fingerprint density at radius 1 is 1.33 bits per heavy atom. The van der Waals surface area contributed by atoms with Crippen LogP contribution < -0.4 is 0 Å². The lowest BCUT2D eigenvalue weighted by atomic mass is 9.99. The largest absolute Gasteiger partial charge is 0.292 e. The fourth-order valence-corrected chi connectivity index (χ4v) is 2.30. The van der Waals surface area contributed by atoms with Crippen molar-refractivity contribution >= 4 is 5.78 Å². The van der Waals surface area contributed by atoms with E-state index in [-0.39, 0.29) is 5.78 Å². The summed E-state index contributed by atoms with van der Waals surface area (Å²) in [4.78, 5) is 16.3. The first-order chi connectivity index (χ1) is 7.22. The van der Waals surface area contributed by atoms with Crippen LogP contribution in [0.25, 0.3) is 0 Å². The fraction of sp³-hybridized carbons (Fsp3) is 0.538. The lowest BCUT2D eigenvalue weighted by molar-refractivity contribution is 0.0977. The van der Waals surface area contributed by atoms with Gasteiger partial charge >= 0.3 is 0 Å². The van der Waals surface area contributed by atoms with E-state index in [1.165, 1.54) is 11.1 Å². The minimum atomic E-state index is 0.237. The van der Waals surface area contributed by atoms with Gasteiger partial charge < -0.3 is 0 Å². The minimum absolute atomic E-state index is 0.237. The van der Waals surface area contributed by atoms with Crippen LogP contribution in [0.3, 0.4) is 0 Å². The Balaban J connectivity index is 2.58. The molecule has 1 aromatic rings. The number of carbonyl (C=O) groups is 1. The maximum Gasteiger partial charge on any atom is 0.181 e. The molecule has 0 saturated heterocycles. The van der Waals surface area contributed by atoms with Gasteiger partial charge in [-0.2, -0.15) is 0 Å². The molecule has 0 spiro atoms. The van der Waals surface area contributed by atoms with Gasteiger partial charge in [0.2, 0.25) is 0 Å². The number of hydrogen-bond acceptors (Lipinski definition) is 2. The Kier molecular flexibility index (Phi) is 2.85. The van der Waals surface area contributed by atoms with Gasteiger partial charge in [-0.3, -0.25) is 4.79 Å². The molecule has 1 aromatic heterocycles. The zero-order valence-electron chi connectivity index (χ0n) is 9.47. The molecule has 0 radical (unpaired) electrons. The molecule has 2 rings (SSSR count). The number of aromatic nitrogens is 1. The van der Waals surface area contributed by atoms with Crippen LogP contribution in [0.15, 0.2) is 6.07 Å². The normalized spacial score (nSPS) is 16.0. The number of aryl methyl sites for hydroxylation is 2. The molecular weight excluding hydrogens is 186 g/mol. The smallest absolute Gasteiger partial charge is 0.181 e. The summed E-state index contributed by atoms with van der Waals surface area (Å²) in [5.41, 5.74) is 4.25. The van der Waals surface area contributed by atoms with E-state index >= 15 is 0 Å². The second kappa shape index (κ2) is 4.13. The van der Waals surface area contributed by atoms with Crippen molar-refractivity contribution in [1.82, 2.24) is 4.98 Å². The van der Waals surface area contributed by atoms with Crippen molar-refractivity contribution in [2.75, 3.05) is 0 Å². The van der Waals surface area contributed by atoms with Crippen molar-refractivity contribution in [1.29, 1.82) is 0 Å². The molecule has 0 fully saturated rings. The van der Waals surface area contributed by atoms with Crippen LogP contribution in [-0.4, -0.2) is 10.8 Å². The standard InChI is InChI=1S/C13H17NO/c1-3-10-8-9(2)14-13-11(10)6-4-5-7-12(13)15/h8H,3-7H2,1-2H3. The van der Waals surface area contributed by atoms with Crippen molar-refractivity contribution in [2.24, 2.45) is 0 Å². The molecule has 1 aliphatic carbocycles. The average molecular weight is 203 g/mol. The number of pyridine rings is 1. The van der Waals surface area contributed by atoms with E-state index in [2.05, 4.69) is 18.0 Å². The predicted octanol–water partition coefficient (Wildman–Crippen LogP) is 2.86. The quantitative estimate of drug-likeness (QED) is 0.657. The predicted molar refractivity (Wildman–Crippen MR) is 60.2 cm³/mol. The van der Waals surface area contributed by atoms with Crippen molar-refractivity contribution < 1.29 is 4.79 Å². The number of carbonyl (C=O) groups excluding carboxylic acids is 1. The van der Waals surface area contributed by atoms with Gasteiger partial charge in [0.05, 0.1) is 0 Å². The fourth-order valence-electron chi connectivity index (χ4n) is 2.30. The summed E-state index contributed by atoms with van der Waals surface area (Å²) in [5.74, 6) is 0.237. The minimum Gasteiger partial charge on any atom is -0.292 e. The van der Waals surface area contributed by atoms with E-state index in [0.29, 0.717) is 6.42 Å². The number of hydrogen-bond donors (Lipinski definition) is 0. The van der Waals surface area contributed by atoms with Gasteiger partial charge in [-0.1, -0.05) is 6.92 Å². The summed E-state index contributed by atoms with van der Waals surface area (Å²) in [6.07, 6.45) is 4.83. The van der Waals surface area contributed by atoms with Crippen molar-refractivity contribution in [3.63, 3.8) is 0 Å². The van der Waals surface area contributed by atoms with Crippen molar-refractivity contribution in [2.45, 2.75) is 46.0 Å². The van der Waals surface area contributed by atoms with Crippen LogP contribution >= 0.6 is 0 Å². The van der Waals surface area contributed by atoms with Crippen LogP contribution in [0.4, 0.5) is 0 Å². The summed E-state index contributed by atoms with van der Waals surface area (Å²) in [6.45, 7) is 4.11. The molecule has 0 atom stereocenters. The maximum atomic E-state index is 11.9. The molecule has 0 saturated carbocycles. The summed E-state index contributed by atoms with van der Waals surface area (Å²) in [5, 5.41) is 0. The van der Waals surface area contributed by atoms with Gasteiger partial charge in [-0.25, -0.2) is 4.98 Å². The van der Waals surface area contributed by atoms with E-state index < -0.39 is 0 Å². The van der Waals surface area contributed by atoms with Crippen LogP contribution in [0.2, 0.25) is 0 Å². The summed E-state index contributed by atoms with van der Waals surface area (Å²) >= 11 is 0. The van der Waals surface area contributed by atoms with Crippen LogP contribution in [0.1, 0.15) is 53.5 Å². The van der Waals surface area contributed by atoms with Gasteiger partial charge in [0.25, 0.3) is 0 Å².